The van der Waals surface area contributed by atoms with Crippen LogP contribution >= 0.6 is 11.6 Å². The second-order valence-electron chi connectivity index (χ2n) is 6.75. The molecular formula is C20H18ClFN6O2. The minimum absolute atomic E-state index is 0.0261. The molecule has 0 aliphatic carbocycles. The van der Waals surface area contributed by atoms with E-state index < -0.39 is 11.7 Å². The molecule has 10 heteroatoms. The van der Waals surface area contributed by atoms with Gasteiger partial charge >= 0.3 is 0 Å². The molecule has 8 nitrogen and oxygen atoms in total. The average Bonchev–Trinajstić information content (AvgIpc) is 2.72. The minimum atomic E-state index is -0.481. The molecule has 0 spiro atoms. The number of nitrogens with two attached hydrogens (primary N) is 1. The maximum atomic E-state index is 13.2. The summed E-state index contributed by atoms with van der Waals surface area (Å²) in [7, 11) is 0. The Balaban J connectivity index is 1.32. The summed E-state index contributed by atoms with van der Waals surface area (Å²) < 4.78 is 19.0. The van der Waals surface area contributed by atoms with Gasteiger partial charge in [-0.05, 0) is 29.8 Å². The molecule has 1 aliphatic heterocycles. The van der Waals surface area contributed by atoms with E-state index >= 15 is 0 Å². The van der Waals surface area contributed by atoms with E-state index in [9.17, 15) is 9.18 Å². The second-order valence-corrected chi connectivity index (χ2v) is 7.16. The van der Waals surface area contributed by atoms with Crippen LogP contribution in [0.25, 0.3) is 0 Å². The number of carbonyl (C=O) groups is 1. The van der Waals surface area contributed by atoms with Crippen molar-refractivity contribution in [2.24, 2.45) is 5.73 Å². The van der Waals surface area contributed by atoms with E-state index in [-0.39, 0.29) is 11.1 Å². The number of hydrogen-bond acceptors (Lipinski definition) is 7. The molecule has 0 bridgehead atoms. The number of amides is 1. The molecule has 3 aromatic rings. The van der Waals surface area contributed by atoms with E-state index in [1.54, 1.807) is 24.3 Å². The third-order valence-corrected chi connectivity index (χ3v) is 4.84. The lowest BCUT2D eigenvalue weighted by Gasteiger charge is -2.38. The molecule has 1 amide bonds. The Morgan fingerprint density at radius 3 is 2.87 bits per heavy atom. The summed E-state index contributed by atoms with van der Waals surface area (Å²) in [5, 5.41) is 3.14. The fraction of sp³-hybridized carbons (Fsp3) is 0.200. The first-order valence-electron chi connectivity index (χ1n) is 9.16. The molecule has 0 atom stereocenters. The molecule has 0 saturated carbocycles. The molecule has 0 unspecified atom stereocenters. The molecule has 2 heterocycles. The lowest BCUT2D eigenvalue weighted by molar-refractivity contribution is 0.1000. The fourth-order valence-electron chi connectivity index (χ4n) is 2.96. The van der Waals surface area contributed by atoms with Crippen molar-refractivity contribution < 1.29 is 13.9 Å². The Kier molecular flexibility index (Phi) is 5.62. The van der Waals surface area contributed by atoms with Gasteiger partial charge in [-0.25, -0.2) is 14.4 Å². The Hall–Kier alpha value is -3.46. The topological polar surface area (TPSA) is 106 Å². The van der Waals surface area contributed by atoms with Crippen LogP contribution in [0.5, 0.6) is 5.75 Å². The van der Waals surface area contributed by atoms with Crippen LogP contribution in [-0.4, -0.2) is 40.1 Å². The lowest BCUT2D eigenvalue weighted by Crippen LogP contribution is -2.54. The number of rotatable bonds is 7. The van der Waals surface area contributed by atoms with Crippen LogP contribution in [0.1, 0.15) is 15.9 Å². The van der Waals surface area contributed by atoms with E-state index in [1.807, 2.05) is 11.0 Å². The number of halogens is 2. The van der Waals surface area contributed by atoms with E-state index in [1.165, 1.54) is 18.5 Å². The lowest BCUT2D eigenvalue weighted by atomic mass is 10.1. The first-order chi connectivity index (χ1) is 14.5. The van der Waals surface area contributed by atoms with Crippen LogP contribution in [0.4, 0.5) is 16.3 Å². The molecule has 0 radical (unpaired) electrons. The number of carbonyl (C=O) groups excluding carboxylic acids is 1. The van der Waals surface area contributed by atoms with E-state index in [2.05, 4.69) is 20.3 Å². The van der Waals surface area contributed by atoms with Crippen LogP contribution < -0.4 is 20.7 Å². The van der Waals surface area contributed by atoms with Gasteiger partial charge in [-0.2, -0.15) is 4.98 Å². The number of primary amides is 1. The van der Waals surface area contributed by atoms with Gasteiger partial charge in [0.2, 0.25) is 17.8 Å². The summed E-state index contributed by atoms with van der Waals surface area (Å²) in [6.07, 6.45) is 1.36. The van der Waals surface area contributed by atoms with E-state index in [0.717, 1.165) is 5.56 Å². The number of hydrogen-bond donors (Lipinski definition) is 2. The predicted octanol–water partition coefficient (Wildman–Crippen LogP) is 2.64. The van der Waals surface area contributed by atoms with Crippen molar-refractivity contribution in [2.45, 2.75) is 12.6 Å². The molecule has 1 aliphatic rings. The summed E-state index contributed by atoms with van der Waals surface area (Å²) in [5.74, 6) is 0.499. The zero-order valence-electron chi connectivity index (χ0n) is 15.8. The van der Waals surface area contributed by atoms with Crippen molar-refractivity contribution in [3.8, 4) is 5.75 Å². The van der Waals surface area contributed by atoms with Crippen molar-refractivity contribution >= 4 is 29.4 Å². The summed E-state index contributed by atoms with van der Waals surface area (Å²) in [4.78, 5) is 26.0. The first kappa shape index (κ1) is 19.8. The van der Waals surface area contributed by atoms with Crippen LogP contribution in [-0.2, 0) is 6.54 Å². The molecule has 154 valence electrons. The van der Waals surface area contributed by atoms with Gasteiger partial charge in [0.05, 0.1) is 18.1 Å². The zero-order valence-corrected chi connectivity index (χ0v) is 16.5. The molecule has 1 saturated heterocycles. The molecular weight excluding hydrogens is 411 g/mol. The predicted molar refractivity (Wildman–Crippen MR) is 110 cm³/mol. The standard InChI is InChI=1S/C20H18ClFN6O2/c21-16-7-14(4-5-17(16)22)30-15-9-28(10-15)20-26-11-25-19(27-20)24-8-12-2-1-3-13(6-12)18(23)29/h1-7,11,15H,8-10H2,(H2,23,29)(H,24,25,26,27). The van der Waals surface area contributed by atoms with Gasteiger partial charge in [-0.15, -0.1) is 0 Å². The highest BCUT2D eigenvalue weighted by atomic mass is 35.5. The number of ether oxygens (including phenoxy) is 1. The quantitative estimate of drug-likeness (QED) is 0.595. The Morgan fingerprint density at radius 1 is 1.27 bits per heavy atom. The van der Waals surface area contributed by atoms with Gasteiger partial charge in [-0.1, -0.05) is 23.7 Å². The van der Waals surface area contributed by atoms with Crippen molar-refractivity contribution in [3.05, 3.63) is 70.8 Å². The van der Waals surface area contributed by atoms with Crippen LogP contribution in [0.3, 0.4) is 0 Å². The highest BCUT2D eigenvalue weighted by Crippen LogP contribution is 2.25. The largest absolute Gasteiger partial charge is 0.487 e. The number of nitrogens with one attached hydrogen (secondary N) is 1. The highest BCUT2D eigenvalue weighted by Gasteiger charge is 2.30. The van der Waals surface area contributed by atoms with Crippen LogP contribution in [0, 0.1) is 5.82 Å². The van der Waals surface area contributed by atoms with Crippen molar-refractivity contribution in [1.82, 2.24) is 15.0 Å². The van der Waals surface area contributed by atoms with Gasteiger partial charge in [-0.3, -0.25) is 4.79 Å². The number of aromatic nitrogens is 3. The van der Waals surface area contributed by atoms with Crippen molar-refractivity contribution in [2.75, 3.05) is 23.3 Å². The van der Waals surface area contributed by atoms with Crippen LogP contribution in [0.15, 0.2) is 48.8 Å². The van der Waals surface area contributed by atoms with Gasteiger partial charge in [0.1, 0.15) is 24.0 Å². The van der Waals surface area contributed by atoms with Gasteiger partial charge in [0.15, 0.2) is 0 Å². The third-order valence-electron chi connectivity index (χ3n) is 4.55. The SMILES string of the molecule is NC(=O)c1cccc(CNc2ncnc(N3CC(Oc4ccc(F)c(Cl)c4)C3)n2)c1. The summed E-state index contributed by atoms with van der Waals surface area (Å²) >= 11 is 5.78. The molecule has 4 rings (SSSR count). The Morgan fingerprint density at radius 2 is 2.10 bits per heavy atom. The molecule has 30 heavy (non-hydrogen) atoms. The smallest absolute Gasteiger partial charge is 0.248 e. The van der Waals surface area contributed by atoms with Crippen LogP contribution in [0.2, 0.25) is 5.02 Å². The second kappa shape index (κ2) is 8.50. The van der Waals surface area contributed by atoms with Crippen molar-refractivity contribution in [3.63, 3.8) is 0 Å². The zero-order chi connectivity index (χ0) is 21.1. The number of benzene rings is 2. The molecule has 1 aromatic heterocycles. The fourth-order valence-corrected chi connectivity index (χ4v) is 3.13. The minimum Gasteiger partial charge on any atom is -0.487 e. The summed E-state index contributed by atoms with van der Waals surface area (Å²) in [5.41, 5.74) is 6.63. The summed E-state index contributed by atoms with van der Waals surface area (Å²) in [6.45, 7) is 1.60. The van der Waals surface area contributed by atoms with Gasteiger partial charge < -0.3 is 20.7 Å². The molecule has 3 N–H and O–H groups in total. The summed E-state index contributed by atoms with van der Waals surface area (Å²) in [6, 6.07) is 11.3. The van der Waals surface area contributed by atoms with Gasteiger partial charge in [0.25, 0.3) is 0 Å². The first-order valence-corrected chi connectivity index (χ1v) is 9.54. The third kappa shape index (κ3) is 4.57. The van der Waals surface area contributed by atoms with Gasteiger partial charge in [0, 0.05) is 18.2 Å². The van der Waals surface area contributed by atoms with Crippen molar-refractivity contribution in [1.29, 1.82) is 0 Å². The number of anilines is 2. The Bertz CT molecular complexity index is 1080. The number of nitrogens with zero attached hydrogens (tertiary/aromatic N) is 4. The highest BCUT2D eigenvalue weighted by molar-refractivity contribution is 6.30. The Labute approximate surface area is 176 Å². The van der Waals surface area contributed by atoms with E-state index in [4.69, 9.17) is 22.1 Å². The molecule has 1 fully saturated rings. The monoisotopic (exact) mass is 428 g/mol. The normalized spacial score (nSPS) is 13.6. The molecule has 2 aromatic carbocycles. The van der Waals surface area contributed by atoms with E-state index in [0.29, 0.717) is 42.8 Å². The maximum absolute atomic E-state index is 13.2. The average molecular weight is 429 g/mol. The maximum Gasteiger partial charge on any atom is 0.248 e.